The average Bonchev–Trinajstić information content (AvgIpc) is 2.15. The predicted octanol–water partition coefficient (Wildman–Crippen LogP) is 1.28. The first-order chi connectivity index (χ1) is 6.61. The van der Waals surface area contributed by atoms with Crippen molar-refractivity contribution in [3.8, 4) is 0 Å². The summed E-state index contributed by atoms with van der Waals surface area (Å²) >= 11 is 0. The highest BCUT2D eigenvalue weighted by Crippen LogP contribution is 2.11. The van der Waals surface area contributed by atoms with Gasteiger partial charge in [-0.3, -0.25) is 4.79 Å². The van der Waals surface area contributed by atoms with E-state index in [9.17, 15) is 4.79 Å². The third kappa shape index (κ3) is 2.85. The Kier molecular flexibility index (Phi) is 3.65. The molecule has 0 aliphatic rings. The SMILES string of the molecule is C[C@H](N)[C@@H](Cc1ccccc1)C(=O)O. The summed E-state index contributed by atoms with van der Waals surface area (Å²) in [6.07, 6.45) is 0.494. The van der Waals surface area contributed by atoms with E-state index >= 15 is 0 Å². The number of carbonyl (C=O) groups is 1. The number of carboxylic acids is 1. The van der Waals surface area contributed by atoms with Crippen molar-refractivity contribution < 1.29 is 9.90 Å². The van der Waals surface area contributed by atoms with Gasteiger partial charge in [-0.15, -0.1) is 0 Å². The van der Waals surface area contributed by atoms with Crippen LogP contribution in [0.1, 0.15) is 12.5 Å². The van der Waals surface area contributed by atoms with Crippen LogP contribution in [0, 0.1) is 5.92 Å². The van der Waals surface area contributed by atoms with Gasteiger partial charge in [-0.2, -0.15) is 0 Å². The summed E-state index contributed by atoms with van der Waals surface area (Å²) in [5.41, 5.74) is 6.62. The van der Waals surface area contributed by atoms with Crippen LogP contribution in [0.5, 0.6) is 0 Å². The zero-order chi connectivity index (χ0) is 10.6. The number of carboxylic acid groups (broad SMARTS) is 1. The summed E-state index contributed by atoms with van der Waals surface area (Å²) in [5.74, 6) is -1.33. The normalized spacial score (nSPS) is 14.7. The molecule has 0 heterocycles. The monoisotopic (exact) mass is 193 g/mol. The molecule has 0 unspecified atom stereocenters. The van der Waals surface area contributed by atoms with E-state index < -0.39 is 11.9 Å². The number of rotatable bonds is 4. The minimum absolute atomic E-state index is 0.326. The van der Waals surface area contributed by atoms with Gasteiger partial charge in [0.1, 0.15) is 0 Å². The van der Waals surface area contributed by atoms with Gasteiger partial charge >= 0.3 is 5.97 Å². The van der Waals surface area contributed by atoms with Gasteiger partial charge in [0, 0.05) is 6.04 Å². The van der Waals surface area contributed by atoms with Crippen LogP contribution in [0.25, 0.3) is 0 Å². The number of hydrogen-bond acceptors (Lipinski definition) is 2. The van der Waals surface area contributed by atoms with E-state index in [0.29, 0.717) is 6.42 Å². The molecule has 1 rings (SSSR count). The van der Waals surface area contributed by atoms with Crippen LogP contribution >= 0.6 is 0 Å². The van der Waals surface area contributed by atoms with Crippen LogP contribution in [-0.4, -0.2) is 17.1 Å². The fraction of sp³-hybridized carbons (Fsp3) is 0.364. The molecule has 0 fully saturated rings. The van der Waals surface area contributed by atoms with E-state index in [1.807, 2.05) is 30.3 Å². The number of benzene rings is 1. The molecule has 3 nitrogen and oxygen atoms in total. The zero-order valence-corrected chi connectivity index (χ0v) is 8.18. The van der Waals surface area contributed by atoms with Gasteiger partial charge < -0.3 is 10.8 Å². The predicted molar refractivity (Wildman–Crippen MR) is 54.9 cm³/mol. The number of aliphatic carboxylic acids is 1. The Morgan fingerprint density at radius 3 is 2.43 bits per heavy atom. The number of hydrogen-bond donors (Lipinski definition) is 2. The lowest BCUT2D eigenvalue weighted by molar-refractivity contribution is -0.142. The lowest BCUT2D eigenvalue weighted by Gasteiger charge is -2.15. The minimum Gasteiger partial charge on any atom is -0.481 e. The molecule has 0 spiro atoms. The molecule has 0 aliphatic carbocycles. The maximum Gasteiger partial charge on any atom is 0.308 e. The van der Waals surface area contributed by atoms with Crippen molar-refractivity contribution in [1.29, 1.82) is 0 Å². The van der Waals surface area contributed by atoms with Crippen molar-refractivity contribution in [3.05, 3.63) is 35.9 Å². The van der Waals surface area contributed by atoms with Gasteiger partial charge in [0.05, 0.1) is 5.92 Å². The molecular weight excluding hydrogens is 178 g/mol. The molecule has 0 radical (unpaired) electrons. The first-order valence-corrected chi connectivity index (χ1v) is 4.63. The van der Waals surface area contributed by atoms with E-state index in [1.165, 1.54) is 0 Å². The van der Waals surface area contributed by atoms with Crippen LogP contribution < -0.4 is 5.73 Å². The summed E-state index contributed by atoms with van der Waals surface area (Å²) in [6, 6.07) is 9.21. The Labute approximate surface area is 83.6 Å². The lowest BCUT2D eigenvalue weighted by Crippen LogP contribution is -2.34. The van der Waals surface area contributed by atoms with E-state index in [2.05, 4.69) is 0 Å². The summed E-state index contributed by atoms with van der Waals surface area (Å²) in [5, 5.41) is 8.92. The molecule has 3 N–H and O–H groups in total. The molecule has 76 valence electrons. The van der Waals surface area contributed by atoms with Gasteiger partial charge in [0.25, 0.3) is 0 Å². The second kappa shape index (κ2) is 4.77. The third-order valence-electron chi connectivity index (χ3n) is 2.25. The minimum atomic E-state index is -0.830. The highest BCUT2D eigenvalue weighted by Gasteiger charge is 2.21. The quantitative estimate of drug-likeness (QED) is 0.757. The van der Waals surface area contributed by atoms with E-state index in [1.54, 1.807) is 6.92 Å². The average molecular weight is 193 g/mol. The maximum atomic E-state index is 10.9. The summed E-state index contributed by atoms with van der Waals surface area (Å²) < 4.78 is 0. The molecule has 0 saturated carbocycles. The summed E-state index contributed by atoms with van der Waals surface area (Å²) in [4.78, 5) is 10.9. The van der Waals surface area contributed by atoms with Gasteiger partial charge in [-0.25, -0.2) is 0 Å². The molecule has 0 aliphatic heterocycles. The second-order valence-corrected chi connectivity index (χ2v) is 3.49. The van der Waals surface area contributed by atoms with Crippen molar-refractivity contribution in [1.82, 2.24) is 0 Å². The largest absolute Gasteiger partial charge is 0.481 e. The topological polar surface area (TPSA) is 63.3 Å². The van der Waals surface area contributed by atoms with Crippen molar-refractivity contribution >= 4 is 5.97 Å². The second-order valence-electron chi connectivity index (χ2n) is 3.49. The van der Waals surface area contributed by atoms with Crippen LogP contribution in [0.4, 0.5) is 0 Å². The Morgan fingerprint density at radius 1 is 1.43 bits per heavy atom. The molecule has 3 heteroatoms. The summed E-state index contributed by atoms with van der Waals surface area (Å²) in [7, 11) is 0. The molecule has 14 heavy (non-hydrogen) atoms. The van der Waals surface area contributed by atoms with Crippen molar-refractivity contribution in [2.45, 2.75) is 19.4 Å². The van der Waals surface area contributed by atoms with Gasteiger partial charge in [0.2, 0.25) is 0 Å². The van der Waals surface area contributed by atoms with Crippen LogP contribution in [0.15, 0.2) is 30.3 Å². The van der Waals surface area contributed by atoms with Crippen LogP contribution in [0.3, 0.4) is 0 Å². The molecule has 0 bridgehead atoms. The van der Waals surface area contributed by atoms with Crippen molar-refractivity contribution in [2.24, 2.45) is 11.7 Å². The van der Waals surface area contributed by atoms with E-state index in [4.69, 9.17) is 10.8 Å². The molecule has 1 aromatic carbocycles. The first-order valence-electron chi connectivity index (χ1n) is 4.63. The van der Waals surface area contributed by atoms with E-state index in [0.717, 1.165) is 5.56 Å². The van der Waals surface area contributed by atoms with Gasteiger partial charge in [0.15, 0.2) is 0 Å². The lowest BCUT2D eigenvalue weighted by atomic mass is 9.94. The fourth-order valence-electron chi connectivity index (χ4n) is 1.37. The molecule has 1 aromatic rings. The Balaban J connectivity index is 2.70. The van der Waals surface area contributed by atoms with Gasteiger partial charge in [-0.05, 0) is 18.9 Å². The Morgan fingerprint density at radius 2 is 2.00 bits per heavy atom. The standard InChI is InChI=1S/C11H15NO2/c1-8(12)10(11(13)14)7-9-5-3-2-4-6-9/h2-6,8,10H,7,12H2,1H3,(H,13,14)/t8-,10+/m0/s1. The highest BCUT2D eigenvalue weighted by atomic mass is 16.4. The smallest absolute Gasteiger partial charge is 0.308 e. The van der Waals surface area contributed by atoms with E-state index in [-0.39, 0.29) is 6.04 Å². The molecule has 0 aromatic heterocycles. The fourth-order valence-corrected chi connectivity index (χ4v) is 1.37. The first kappa shape index (κ1) is 10.7. The van der Waals surface area contributed by atoms with Crippen LogP contribution in [-0.2, 0) is 11.2 Å². The molecular formula is C11H15NO2. The zero-order valence-electron chi connectivity index (χ0n) is 8.18. The summed E-state index contributed by atoms with van der Waals surface area (Å²) in [6.45, 7) is 1.72. The number of nitrogens with two attached hydrogens (primary N) is 1. The van der Waals surface area contributed by atoms with Gasteiger partial charge in [-0.1, -0.05) is 30.3 Å². The molecule has 0 amide bonds. The van der Waals surface area contributed by atoms with Crippen molar-refractivity contribution in [2.75, 3.05) is 0 Å². The van der Waals surface area contributed by atoms with Crippen molar-refractivity contribution in [3.63, 3.8) is 0 Å². The maximum absolute atomic E-state index is 10.9. The molecule has 0 saturated heterocycles. The Bertz CT molecular complexity index is 295. The highest BCUT2D eigenvalue weighted by molar-refractivity contribution is 5.71. The molecule has 2 atom stereocenters. The Hall–Kier alpha value is -1.35. The van der Waals surface area contributed by atoms with Crippen LogP contribution in [0.2, 0.25) is 0 Å². The third-order valence-corrected chi connectivity index (χ3v) is 2.25.